The Balaban J connectivity index is 0.000000142. The fraction of sp³-hybridized carbons (Fsp3) is 0.333. The van der Waals surface area contributed by atoms with Gasteiger partial charge in [-0.1, -0.05) is 60.7 Å². The normalized spacial score (nSPS) is 27.1. The summed E-state index contributed by atoms with van der Waals surface area (Å²) in [6.07, 6.45) is 10.8. The Hall–Kier alpha value is -4.91. The van der Waals surface area contributed by atoms with Crippen LogP contribution in [0.5, 0.6) is 0 Å². The third-order valence-electron chi connectivity index (χ3n) is 12.2. The van der Waals surface area contributed by atoms with Crippen LogP contribution >= 0.6 is 22.7 Å². The van der Waals surface area contributed by atoms with Crippen LogP contribution in [0.3, 0.4) is 0 Å². The van der Waals surface area contributed by atoms with Gasteiger partial charge >= 0.3 is 0 Å². The molecule has 276 valence electrons. The van der Waals surface area contributed by atoms with Crippen molar-refractivity contribution >= 4 is 34.5 Å². The lowest BCUT2D eigenvalue weighted by molar-refractivity contribution is -0.0823. The third-order valence-corrected chi connectivity index (χ3v) is 14.2. The van der Waals surface area contributed by atoms with E-state index >= 15 is 4.39 Å². The Kier molecular flexibility index (Phi) is 9.07. The number of nitrogens with one attached hydrogen (secondary N) is 2. The van der Waals surface area contributed by atoms with Gasteiger partial charge in [0.05, 0.1) is 29.1 Å². The molecule has 10 rings (SSSR count). The van der Waals surface area contributed by atoms with Gasteiger partial charge in [-0.05, 0) is 48.9 Å². The minimum absolute atomic E-state index is 0.00741. The van der Waals surface area contributed by atoms with E-state index in [-0.39, 0.29) is 35.5 Å². The summed E-state index contributed by atoms with van der Waals surface area (Å²) in [7, 11) is 0. The maximum atomic E-state index is 16.0. The van der Waals surface area contributed by atoms with Gasteiger partial charge in [-0.15, -0.1) is 22.7 Å². The molecule has 2 aliphatic carbocycles. The molecular formula is C42H41FN6O3S2. The van der Waals surface area contributed by atoms with Crippen LogP contribution in [0, 0.1) is 23.7 Å². The highest BCUT2D eigenvalue weighted by molar-refractivity contribution is 7.14. The van der Waals surface area contributed by atoms with Crippen LogP contribution in [0.25, 0.3) is 20.9 Å². The molecule has 4 aromatic heterocycles. The molecule has 12 heteroatoms. The number of hydrogen-bond acceptors (Lipinski definition) is 7. The standard InChI is InChI=1S/C21H20FN3OS.C21H21N3O2S/c22-21(16-4-2-1-3-5-16)17-6-7-18(21)12-25(11-17)20(26)14-8-19(27-13-14)15-9-23-24-10-15;25-20(14-8-19(27-13-14)15-9-22-23-10-15)24-11-17-6-7-18(12-24)21(17,26)16-4-2-1-3-5-16/h1-5,8-10,13,17-18H,6-7,11-12H2,(H,23,24);1-5,8-10,13,17-18,26H,6-7,11-12H2,(H,22,23). The van der Waals surface area contributed by atoms with Crippen molar-refractivity contribution in [2.75, 3.05) is 26.2 Å². The number of piperidine rings is 2. The summed E-state index contributed by atoms with van der Waals surface area (Å²) in [4.78, 5) is 31.9. The molecule has 2 saturated carbocycles. The van der Waals surface area contributed by atoms with E-state index in [2.05, 4.69) is 20.4 Å². The van der Waals surface area contributed by atoms with Crippen molar-refractivity contribution in [3.63, 3.8) is 0 Å². The van der Waals surface area contributed by atoms with E-state index < -0.39 is 11.3 Å². The molecule has 4 fully saturated rings. The van der Waals surface area contributed by atoms with Gasteiger partial charge in [0.1, 0.15) is 5.67 Å². The first kappa shape index (κ1) is 34.8. The molecule has 4 atom stereocenters. The van der Waals surface area contributed by atoms with Gasteiger partial charge in [-0.25, -0.2) is 4.39 Å². The second-order valence-electron chi connectivity index (χ2n) is 15.1. The Morgan fingerprint density at radius 3 is 1.54 bits per heavy atom. The first-order valence-electron chi connectivity index (χ1n) is 18.6. The van der Waals surface area contributed by atoms with Crippen LogP contribution in [-0.2, 0) is 11.3 Å². The number of nitrogens with zero attached hydrogens (tertiary/aromatic N) is 4. The molecule has 9 nitrogen and oxygen atoms in total. The highest BCUT2D eigenvalue weighted by atomic mass is 32.1. The smallest absolute Gasteiger partial charge is 0.254 e. The van der Waals surface area contributed by atoms with Gasteiger partial charge in [-0.2, -0.15) is 10.2 Å². The number of rotatable bonds is 6. The number of alkyl halides is 1. The monoisotopic (exact) mass is 760 g/mol. The zero-order valence-electron chi connectivity index (χ0n) is 29.6. The van der Waals surface area contributed by atoms with Crippen LogP contribution in [-0.4, -0.2) is 73.3 Å². The zero-order valence-corrected chi connectivity index (χ0v) is 31.2. The lowest BCUT2D eigenvalue weighted by Crippen LogP contribution is -2.53. The predicted octanol–water partition coefficient (Wildman–Crippen LogP) is 7.99. The third kappa shape index (κ3) is 6.00. The van der Waals surface area contributed by atoms with Crippen molar-refractivity contribution in [1.82, 2.24) is 30.2 Å². The summed E-state index contributed by atoms with van der Waals surface area (Å²) in [5.74, 6) is -0.00525. The van der Waals surface area contributed by atoms with Gasteiger partial charge in [0.15, 0.2) is 0 Å². The fourth-order valence-corrected chi connectivity index (χ4v) is 11.2. The SMILES string of the molecule is O=C(c1csc(-c2cn[nH]c2)c1)N1CC2CCC(C1)C2(F)c1ccccc1.O=C(c1csc(-c2cn[nH]c2)c1)N1CC2CCC(C1)C2(O)c1ccccc1. The van der Waals surface area contributed by atoms with Gasteiger partial charge in [0, 0.05) is 93.9 Å². The minimum atomic E-state index is -1.31. The molecule has 0 radical (unpaired) electrons. The fourth-order valence-electron chi connectivity index (χ4n) is 9.46. The Morgan fingerprint density at radius 2 is 1.09 bits per heavy atom. The van der Waals surface area contributed by atoms with Crippen molar-refractivity contribution in [3.8, 4) is 20.9 Å². The second-order valence-corrected chi connectivity index (χ2v) is 16.9. The quantitative estimate of drug-likeness (QED) is 0.159. The number of carbonyl (C=O) groups excluding carboxylic acids is 2. The molecule has 4 aliphatic rings. The van der Waals surface area contributed by atoms with Gasteiger partial charge in [-0.3, -0.25) is 19.8 Å². The molecule has 6 aromatic rings. The van der Waals surface area contributed by atoms with Gasteiger partial charge in [0.2, 0.25) is 0 Å². The molecule has 4 unspecified atom stereocenters. The molecular weight excluding hydrogens is 720 g/mol. The molecule has 54 heavy (non-hydrogen) atoms. The molecule has 2 amide bonds. The van der Waals surface area contributed by atoms with E-state index in [0.29, 0.717) is 31.7 Å². The number of aromatic nitrogens is 4. The second kappa shape index (κ2) is 14.1. The molecule has 4 bridgehead atoms. The van der Waals surface area contributed by atoms with E-state index in [1.807, 2.05) is 106 Å². The van der Waals surface area contributed by atoms with E-state index in [9.17, 15) is 14.7 Å². The number of aliphatic hydroxyl groups is 1. The van der Waals surface area contributed by atoms with Gasteiger partial charge < -0.3 is 14.9 Å². The first-order chi connectivity index (χ1) is 26.3. The van der Waals surface area contributed by atoms with Crippen LogP contribution in [0.4, 0.5) is 4.39 Å². The highest BCUT2D eigenvalue weighted by Gasteiger charge is 2.57. The number of carbonyl (C=O) groups is 2. The molecule has 2 aromatic carbocycles. The Bertz CT molecular complexity index is 2040. The van der Waals surface area contributed by atoms with E-state index in [1.54, 1.807) is 23.7 Å². The summed E-state index contributed by atoms with van der Waals surface area (Å²) in [5.41, 5.74) is 3.01. The number of aromatic amines is 2. The maximum Gasteiger partial charge on any atom is 0.254 e. The van der Waals surface area contributed by atoms with Crippen LogP contribution in [0.1, 0.15) is 57.5 Å². The van der Waals surface area contributed by atoms with E-state index in [4.69, 9.17) is 0 Å². The first-order valence-corrected chi connectivity index (χ1v) is 20.3. The number of H-pyrrole nitrogens is 2. The van der Waals surface area contributed by atoms with Crippen molar-refractivity contribution in [3.05, 3.63) is 131 Å². The number of amides is 2. The molecule has 3 N–H and O–H groups in total. The predicted molar refractivity (Wildman–Crippen MR) is 208 cm³/mol. The molecule has 2 aliphatic heterocycles. The average molecular weight is 761 g/mol. The van der Waals surface area contributed by atoms with E-state index in [1.165, 1.54) is 11.3 Å². The number of hydrogen-bond donors (Lipinski definition) is 3. The summed E-state index contributed by atoms with van der Waals surface area (Å²) >= 11 is 3.09. The number of likely N-dealkylation sites (tertiary alicyclic amines) is 2. The van der Waals surface area contributed by atoms with Crippen molar-refractivity contribution in [2.24, 2.45) is 23.7 Å². The van der Waals surface area contributed by atoms with E-state index in [0.717, 1.165) is 63.3 Å². The average Bonchev–Trinajstić information content (AvgIpc) is 4.07. The van der Waals surface area contributed by atoms with Crippen LogP contribution in [0.15, 0.2) is 108 Å². The Morgan fingerprint density at radius 1 is 0.667 bits per heavy atom. The molecule has 6 heterocycles. The van der Waals surface area contributed by atoms with Crippen LogP contribution in [0.2, 0.25) is 0 Å². The minimum Gasteiger partial charge on any atom is -0.384 e. The number of thiophene rings is 2. The topological polar surface area (TPSA) is 118 Å². The summed E-state index contributed by atoms with van der Waals surface area (Å²) in [6.45, 7) is 2.18. The lowest BCUT2D eigenvalue weighted by Gasteiger charge is -2.44. The summed E-state index contributed by atoms with van der Waals surface area (Å²) in [6, 6.07) is 23.3. The zero-order chi connectivity index (χ0) is 36.9. The lowest BCUT2D eigenvalue weighted by atomic mass is 9.75. The largest absolute Gasteiger partial charge is 0.384 e. The van der Waals surface area contributed by atoms with Gasteiger partial charge in [0.25, 0.3) is 11.8 Å². The maximum absolute atomic E-state index is 16.0. The Labute approximate surface area is 320 Å². The number of fused-ring (bicyclic) bond motifs is 4. The number of halogens is 1. The van der Waals surface area contributed by atoms with Crippen molar-refractivity contribution in [2.45, 2.75) is 37.0 Å². The number of benzene rings is 2. The summed E-state index contributed by atoms with van der Waals surface area (Å²) in [5, 5.41) is 28.8. The molecule has 2 saturated heterocycles. The van der Waals surface area contributed by atoms with Crippen molar-refractivity contribution < 1.29 is 19.1 Å². The van der Waals surface area contributed by atoms with Crippen LogP contribution < -0.4 is 0 Å². The van der Waals surface area contributed by atoms with Crippen molar-refractivity contribution in [1.29, 1.82) is 0 Å². The summed E-state index contributed by atoms with van der Waals surface area (Å²) < 4.78 is 16.0. The molecule has 0 spiro atoms. The highest BCUT2D eigenvalue weighted by Crippen LogP contribution is 2.54.